The van der Waals surface area contributed by atoms with Crippen LogP contribution in [-0.4, -0.2) is 30.9 Å². The van der Waals surface area contributed by atoms with Crippen molar-refractivity contribution in [3.8, 4) is 11.5 Å². The molecule has 0 heterocycles. The summed E-state index contributed by atoms with van der Waals surface area (Å²) in [6.07, 6.45) is 0.893. The summed E-state index contributed by atoms with van der Waals surface area (Å²) in [5, 5.41) is 8.94. The molecule has 0 spiro atoms. The standard InChI is InChI=1S/C15H16O5/c1-19-13-4-3-5-14(20-2)15(13)9-6-11(17)10(8-16)12(18)7-9/h3-5,8-9,16H,6-7H2,1-2H3. The van der Waals surface area contributed by atoms with Crippen molar-refractivity contribution in [1.29, 1.82) is 0 Å². The number of benzene rings is 1. The lowest BCUT2D eigenvalue weighted by atomic mass is 9.79. The van der Waals surface area contributed by atoms with Crippen molar-refractivity contribution in [2.45, 2.75) is 18.8 Å². The summed E-state index contributed by atoms with van der Waals surface area (Å²) >= 11 is 0. The first-order valence-electron chi connectivity index (χ1n) is 6.24. The van der Waals surface area contributed by atoms with E-state index in [4.69, 9.17) is 14.6 Å². The number of carbonyl (C=O) groups excluding carboxylic acids is 2. The summed E-state index contributed by atoms with van der Waals surface area (Å²) in [6.45, 7) is 0. The Balaban J connectivity index is 2.43. The van der Waals surface area contributed by atoms with E-state index in [1.165, 1.54) is 14.2 Å². The van der Waals surface area contributed by atoms with Crippen molar-refractivity contribution in [1.82, 2.24) is 0 Å². The predicted molar refractivity (Wildman–Crippen MR) is 72.2 cm³/mol. The third-order valence-electron chi connectivity index (χ3n) is 3.47. The zero-order valence-electron chi connectivity index (χ0n) is 11.4. The summed E-state index contributed by atoms with van der Waals surface area (Å²) in [4.78, 5) is 23.8. The first kappa shape index (κ1) is 14.1. The topological polar surface area (TPSA) is 72.8 Å². The highest BCUT2D eigenvalue weighted by Gasteiger charge is 2.34. The van der Waals surface area contributed by atoms with Crippen LogP contribution in [0.1, 0.15) is 24.3 Å². The minimum atomic E-state index is -0.360. The molecular weight excluding hydrogens is 260 g/mol. The first-order chi connectivity index (χ1) is 9.62. The van der Waals surface area contributed by atoms with Crippen LogP contribution in [0.3, 0.4) is 0 Å². The average Bonchev–Trinajstić information content (AvgIpc) is 2.45. The van der Waals surface area contributed by atoms with Gasteiger partial charge in [-0.3, -0.25) is 9.59 Å². The molecule has 20 heavy (non-hydrogen) atoms. The van der Waals surface area contributed by atoms with Gasteiger partial charge in [-0.1, -0.05) is 6.07 Å². The molecule has 5 heteroatoms. The molecule has 0 amide bonds. The fourth-order valence-corrected chi connectivity index (χ4v) is 2.53. The van der Waals surface area contributed by atoms with Crippen LogP contribution >= 0.6 is 0 Å². The van der Waals surface area contributed by atoms with Gasteiger partial charge in [0.2, 0.25) is 0 Å². The molecule has 0 bridgehead atoms. The Morgan fingerprint density at radius 2 is 1.60 bits per heavy atom. The van der Waals surface area contributed by atoms with E-state index in [0.717, 1.165) is 5.56 Å². The van der Waals surface area contributed by atoms with Crippen LogP contribution in [0.15, 0.2) is 30.0 Å². The van der Waals surface area contributed by atoms with Crippen molar-refractivity contribution in [3.05, 3.63) is 35.6 Å². The number of Topliss-reactive ketones (excluding diaryl/α,β-unsaturated/α-hetero) is 2. The number of methoxy groups -OCH3 is 2. The number of carbonyl (C=O) groups is 2. The van der Waals surface area contributed by atoms with E-state index in [1.54, 1.807) is 18.2 Å². The van der Waals surface area contributed by atoms with Crippen LogP contribution in [0.4, 0.5) is 0 Å². The maximum Gasteiger partial charge on any atom is 0.170 e. The largest absolute Gasteiger partial charge is 0.515 e. The average molecular weight is 276 g/mol. The number of rotatable bonds is 3. The van der Waals surface area contributed by atoms with Crippen LogP contribution in [0, 0.1) is 0 Å². The van der Waals surface area contributed by atoms with Crippen molar-refractivity contribution in [2.75, 3.05) is 14.2 Å². The number of allylic oxidation sites excluding steroid dienone is 1. The zero-order chi connectivity index (χ0) is 14.7. The molecule has 0 aliphatic heterocycles. The third-order valence-corrected chi connectivity index (χ3v) is 3.47. The molecule has 0 aromatic heterocycles. The van der Waals surface area contributed by atoms with Crippen LogP contribution in [-0.2, 0) is 9.59 Å². The van der Waals surface area contributed by atoms with Gasteiger partial charge in [0.05, 0.1) is 26.1 Å². The Hall–Kier alpha value is -2.30. The number of ether oxygens (including phenoxy) is 2. The van der Waals surface area contributed by atoms with Gasteiger partial charge in [-0.2, -0.15) is 0 Å². The van der Waals surface area contributed by atoms with E-state index in [9.17, 15) is 9.59 Å². The van der Waals surface area contributed by atoms with Gasteiger partial charge in [0.1, 0.15) is 11.5 Å². The first-order valence-corrected chi connectivity index (χ1v) is 6.24. The lowest BCUT2D eigenvalue weighted by Crippen LogP contribution is -2.25. The van der Waals surface area contributed by atoms with Crippen molar-refractivity contribution < 1.29 is 24.2 Å². The highest BCUT2D eigenvalue weighted by Crippen LogP contribution is 2.41. The zero-order valence-corrected chi connectivity index (χ0v) is 11.4. The molecule has 1 aromatic rings. The lowest BCUT2D eigenvalue weighted by Gasteiger charge is -2.25. The molecule has 0 unspecified atom stereocenters. The number of aliphatic hydroxyl groups excluding tert-OH is 1. The number of aliphatic hydroxyl groups is 1. The Kier molecular flexibility index (Phi) is 4.08. The Labute approximate surface area is 116 Å². The van der Waals surface area contributed by atoms with E-state index in [2.05, 4.69) is 0 Å². The molecule has 2 rings (SSSR count). The molecule has 1 aliphatic carbocycles. The minimum absolute atomic E-state index is 0.130. The number of ketones is 2. The highest BCUT2D eigenvalue weighted by molar-refractivity contribution is 6.22. The van der Waals surface area contributed by atoms with E-state index in [1.807, 2.05) is 0 Å². The molecule has 1 aromatic carbocycles. The normalized spacial score (nSPS) is 18.9. The molecule has 0 saturated heterocycles. The molecule has 5 nitrogen and oxygen atoms in total. The second-order valence-corrected chi connectivity index (χ2v) is 4.57. The summed E-state index contributed by atoms with van der Waals surface area (Å²) in [7, 11) is 3.06. The van der Waals surface area contributed by atoms with E-state index in [0.29, 0.717) is 17.8 Å². The molecule has 0 radical (unpaired) electrons. The van der Waals surface area contributed by atoms with Gasteiger partial charge < -0.3 is 14.6 Å². The van der Waals surface area contributed by atoms with Crippen molar-refractivity contribution in [2.24, 2.45) is 0 Å². The fraction of sp³-hybridized carbons (Fsp3) is 0.333. The van der Waals surface area contributed by atoms with Crippen LogP contribution in [0.2, 0.25) is 0 Å². The van der Waals surface area contributed by atoms with Crippen LogP contribution in [0.5, 0.6) is 11.5 Å². The lowest BCUT2D eigenvalue weighted by molar-refractivity contribution is -0.124. The van der Waals surface area contributed by atoms with E-state index >= 15 is 0 Å². The number of hydrogen-bond acceptors (Lipinski definition) is 5. The van der Waals surface area contributed by atoms with Gasteiger partial charge in [-0.15, -0.1) is 0 Å². The van der Waals surface area contributed by atoms with Gasteiger partial charge in [-0.25, -0.2) is 0 Å². The maximum absolute atomic E-state index is 11.9. The maximum atomic E-state index is 11.9. The van der Waals surface area contributed by atoms with Crippen LogP contribution < -0.4 is 9.47 Å². The van der Waals surface area contributed by atoms with Gasteiger partial charge in [0.25, 0.3) is 0 Å². The molecule has 1 fully saturated rings. The van der Waals surface area contributed by atoms with Crippen molar-refractivity contribution in [3.63, 3.8) is 0 Å². The summed E-state index contributed by atoms with van der Waals surface area (Å²) in [6, 6.07) is 5.32. The Bertz CT molecular complexity index is 531. The second-order valence-electron chi connectivity index (χ2n) is 4.57. The molecule has 1 aliphatic rings. The highest BCUT2D eigenvalue weighted by atomic mass is 16.5. The predicted octanol–water partition coefficient (Wildman–Crippen LogP) is 2.16. The van der Waals surface area contributed by atoms with Gasteiger partial charge >= 0.3 is 0 Å². The summed E-state index contributed by atoms with van der Waals surface area (Å²) in [5.41, 5.74) is 0.589. The smallest absolute Gasteiger partial charge is 0.170 e. The van der Waals surface area contributed by atoms with E-state index < -0.39 is 0 Å². The van der Waals surface area contributed by atoms with Gasteiger partial charge in [0.15, 0.2) is 11.6 Å². The molecule has 1 N–H and O–H groups in total. The molecule has 1 saturated carbocycles. The Morgan fingerprint density at radius 3 is 2.00 bits per heavy atom. The minimum Gasteiger partial charge on any atom is -0.515 e. The summed E-state index contributed by atoms with van der Waals surface area (Å²) < 4.78 is 10.6. The van der Waals surface area contributed by atoms with Gasteiger partial charge in [0, 0.05) is 24.3 Å². The quantitative estimate of drug-likeness (QED) is 0.520. The fourth-order valence-electron chi connectivity index (χ4n) is 2.53. The SMILES string of the molecule is COc1cccc(OC)c1C1CC(=O)C(=CO)C(=O)C1. The summed E-state index contributed by atoms with van der Waals surface area (Å²) in [5.74, 6) is 0.158. The third kappa shape index (κ3) is 2.39. The molecular formula is C15H16O5. The van der Waals surface area contributed by atoms with Gasteiger partial charge in [-0.05, 0) is 12.1 Å². The monoisotopic (exact) mass is 276 g/mol. The molecule has 0 atom stereocenters. The molecule has 106 valence electrons. The van der Waals surface area contributed by atoms with Crippen molar-refractivity contribution >= 4 is 11.6 Å². The van der Waals surface area contributed by atoms with Crippen LogP contribution in [0.25, 0.3) is 0 Å². The van der Waals surface area contributed by atoms with E-state index in [-0.39, 0.29) is 35.9 Å². The Morgan fingerprint density at radius 1 is 1.10 bits per heavy atom. The second kappa shape index (κ2) is 5.77. The number of hydrogen-bond donors (Lipinski definition) is 1.